The zero-order valence-corrected chi connectivity index (χ0v) is 24.1. The maximum Gasteiger partial charge on any atom is 0.254 e. The Bertz CT molecular complexity index is 1290. The molecular weight excluding hydrogens is 558 g/mol. The minimum absolute atomic E-state index is 0.0214. The molecule has 1 saturated carbocycles. The predicted octanol–water partition coefficient (Wildman–Crippen LogP) is 5.11. The van der Waals surface area contributed by atoms with E-state index < -0.39 is 0 Å². The van der Waals surface area contributed by atoms with E-state index in [0.29, 0.717) is 32.7 Å². The molecule has 0 unspecified atom stereocenters. The van der Waals surface area contributed by atoms with Crippen LogP contribution in [0.25, 0.3) is 0 Å². The summed E-state index contributed by atoms with van der Waals surface area (Å²) in [6.07, 6.45) is 6.68. The van der Waals surface area contributed by atoms with Gasteiger partial charge in [-0.25, -0.2) is 0 Å². The lowest BCUT2D eigenvalue weighted by molar-refractivity contribution is -0.140. The van der Waals surface area contributed by atoms with E-state index in [0.717, 1.165) is 71.0 Å². The van der Waals surface area contributed by atoms with Gasteiger partial charge in [-0.15, -0.1) is 0 Å². The van der Waals surface area contributed by atoms with E-state index in [1.807, 2.05) is 51.1 Å². The molecule has 6 rings (SSSR count). The molecule has 0 radical (unpaired) electrons. The van der Waals surface area contributed by atoms with Gasteiger partial charge >= 0.3 is 0 Å². The molecule has 0 N–H and O–H groups in total. The van der Waals surface area contributed by atoms with Crippen LogP contribution in [-0.2, 0) is 22.6 Å². The van der Waals surface area contributed by atoms with Crippen LogP contribution in [0.2, 0.25) is 0 Å². The maximum atomic E-state index is 14.0. The molecule has 2 atom stereocenters. The van der Waals surface area contributed by atoms with Crippen molar-refractivity contribution in [2.75, 3.05) is 26.2 Å². The molecule has 8 heteroatoms. The number of hydrogen-bond acceptors (Lipinski definition) is 4. The first-order valence-electron chi connectivity index (χ1n) is 14.3. The van der Waals surface area contributed by atoms with Crippen LogP contribution in [0.1, 0.15) is 78.5 Å². The first kappa shape index (κ1) is 26.4. The third-order valence-corrected chi connectivity index (χ3v) is 9.73. The molecule has 2 fully saturated rings. The Kier molecular flexibility index (Phi) is 7.40. The van der Waals surface area contributed by atoms with Crippen LogP contribution < -0.4 is 4.74 Å². The Morgan fingerprint density at radius 3 is 2.56 bits per heavy atom. The van der Waals surface area contributed by atoms with Gasteiger partial charge in [-0.05, 0) is 48.6 Å². The van der Waals surface area contributed by atoms with Crippen molar-refractivity contribution in [3.8, 4) is 5.75 Å². The van der Waals surface area contributed by atoms with Gasteiger partial charge in [0.15, 0.2) is 0 Å². The third-order valence-electron chi connectivity index (χ3n) is 8.98. The lowest BCUT2D eigenvalue weighted by Crippen LogP contribution is -2.48. The SMILES string of the molecule is CC(=O)N1CC[C@H](Oc2ccc(Br)c3c2[C@@H](CN2Cc4ccccc4C2=O)N(C(=O)C2CCCCC2)CC3)C1. The molecular formula is C31H36BrN3O4. The second-order valence-electron chi connectivity index (χ2n) is 11.4. The van der Waals surface area contributed by atoms with Crippen LogP contribution in [-0.4, -0.2) is 64.7 Å². The second-order valence-corrected chi connectivity index (χ2v) is 12.3. The highest BCUT2D eigenvalue weighted by Gasteiger charge is 2.41. The van der Waals surface area contributed by atoms with Gasteiger partial charge in [0, 0.05) is 61.0 Å². The second kappa shape index (κ2) is 11.0. The highest BCUT2D eigenvalue weighted by molar-refractivity contribution is 9.10. The number of fused-ring (bicyclic) bond motifs is 2. The number of halogens is 1. The van der Waals surface area contributed by atoms with Crippen molar-refractivity contribution in [1.82, 2.24) is 14.7 Å². The summed E-state index contributed by atoms with van der Waals surface area (Å²) in [5, 5.41) is 0. The van der Waals surface area contributed by atoms with Gasteiger partial charge < -0.3 is 19.4 Å². The number of ether oxygens (including phenoxy) is 1. The molecule has 0 spiro atoms. The molecule has 0 bridgehead atoms. The average Bonchev–Trinajstić information content (AvgIpc) is 3.55. The molecule has 39 heavy (non-hydrogen) atoms. The predicted molar refractivity (Wildman–Crippen MR) is 151 cm³/mol. The van der Waals surface area contributed by atoms with Gasteiger partial charge in [-0.2, -0.15) is 0 Å². The molecule has 1 saturated heterocycles. The number of hydrogen-bond donors (Lipinski definition) is 0. The van der Waals surface area contributed by atoms with E-state index in [9.17, 15) is 14.4 Å². The van der Waals surface area contributed by atoms with Crippen molar-refractivity contribution in [3.63, 3.8) is 0 Å². The Morgan fingerprint density at radius 2 is 1.82 bits per heavy atom. The van der Waals surface area contributed by atoms with Gasteiger partial charge in [-0.3, -0.25) is 14.4 Å². The minimum Gasteiger partial charge on any atom is -0.488 e. The monoisotopic (exact) mass is 593 g/mol. The van der Waals surface area contributed by atoms with Crippen LogP contribution in [0.4, 0.5) is 0 Å². The quantitative estimate of drug-likeness (QED) is 0.483. The lowest BCUT2D eigenvalue weighted by Gasteiger charge is -2.42. The first-order chi connectivity index (χ1) is 18.9. The fourth-order valence-corrected chi connectivity index (χ4v) is 7.43. The lowest BCUT2D eigenvalue weighted by atomic mass is 9.85. The van der Waals surface area contributed by atoms with Crippen LogP contribution in [0.15, 0.2) is 40.9 Å². The number of benzene rings is 2. The maximum absolute atomic E-state index is 14.0. The molecule has 3 aliphatic heterocycles. The van der Waals surface area contributed by atoms with Gasteiger partial charge in [-0.1, -0.05) is 53.4 Å². The number of rotatable bonds is 5. The average molecular weight is 595 g/mol. The van der Waals surface area contributed by atoms with E-state index >= 15 is 0 Å². The topological polar surface area (TPSA) is 70.2 Å². The van der Waals surface area contributed by atoms with Crippen molar-refractivity contribution < 1.29 is 19.1 Å². The van der Waals surface area contributed by atoms with Gasteiger partial charge in [0.05, 0.1) is 12.6 Å². The van der Waals surface area contributed by atoms with Gasteiger partial charge in [0.1, 0.15) is 11.9 Å². The summed E-state index contributed by atoms with van der Waals surface area (Å²) in [4.78, 5) is 45.2. The molecule has 206 valence electrons. The van der Waals surface area contributed by atoms with Crippen LogP contribution >= 0.6 is 15.9 Å². The van der Waals surface area contributed by atoms with E-state index in [4.69, 9.17) is 4.74 Å². The summed E-state index contributed by atoms with van der Waals surface area (Å²) in [6.45, 7) is 4.46. The number of carbonyl (C=O) groups is 3. The fraction of sp³-hybridized carbons (Fsp3) is 0.516. The van der Waals surface area contributed by atoms with Crippen molar-refractivity contribution in [2.45, 2.75) is 70.6 Å². The summed E-state index contributed by atoms with van der Waals surface area (Å²) >= 11 is 3.77. The summed E-state index contributed by atoms with van der Waals surface area (Å²) in [7, 11) is 0. The van der Waals surface area contributed by atoms with Gasteiger partial charge in [0.25, 0.3) is 5.91 Å². The van der Waals surface area contributed by atoms with Crippen molar-refractivity contribution >= 4 is 33.7 Å². The zero-order chi connectivity index (χ0) is 27.1. The number of amides is 3. The standard InChI is InChI=1S/C31H36BrN3O4/c1-20(36)33-15-13-23(18-33)39-28-12-11-26(32)25-14-16-35(30(37)21-7-3-2-4-8-21)27(29(25)28)19-34-17-22-9-5-6-10-24(22)31(34)38/h5-6,9-12,21,23,27H,2-4,7-8,13-19H2,1H3/t23-,27+/m0/s1. The number of carbonyl (C=O) groups excluding carboxylic acids is 3. The summed E-state index contributed by atoms with van der Waals surface area (Å²) in [5.74, 6) is 1.11. The van der Waals surface area contributed by atoms with Crippen LogP contribution in [0.5, 0.6) is 5.75 Å². The van der Waals surface area contributed by atoms with Crippen molar-refractivity contribution in [1.29, 1.82) is 0 Å². The minimum atomic E-state index is -0.292. The van der Waals surface area contributed by atoms with Crippen molar-refractivity contribution in [2.24, 2.45) is 5.92 Å². The Hall–Kier alpha value is -2.87. The van der Waals surface area contributed by atoms with E-state index in [1.54, 1.807) is 6.92 Å². The molecule has 3 amide bonds. The first-order valence-corrected chi connectivity index (χ1v) is 15.1. The Balaban J connectivity index is 1.35. The molecule has 0 aromatic heterocycles. The summed E-state index contributed by atoms with van der Waals surface area (Å²) < 4.78 is 7.62. The molecule has 7 nitrogen and oxygen atoms in total. The van der Waals surface area contributed by atoms with E-state index in [1.165, 1.54) is 6.42 Å². The Morgan fingerprint density at radius 1 is 1.03 bits per heavy atom. The zero-order valence-electron chi connectivity index (χ0n) is 22.5. The largest absolute Gasteiger partial charge is 0.488 e. The molecule has 4 aliphatic rings. The smallest absolute Gasteiger partial charge is 0.254 e. The molecule has 1 aliphatic carbocycles. The molecule has 2 aromatic carbocycles. The molecule has 2 aromatic rings. The van der Waals surface area contributed by atoms with Gasteiger partial charge in [0.2, 0.25) is 11.8 Å². The fourth-order valence-electron chi connectivity index (χ4n) is 6.88. The summed E-state index contributed by atoms with van der Waals surface area (Å²) in [5.41, 5.74) is 3.94. The van der Waals surface area contributed by atoms with E-state index in [-0.39, 0.29) is 35.8 Å². The van der Waals surface area contributed by atoms with E-state index in [2.05, 4.69) is 15.9 Å². The summed E-state index contributed by atoms with van der Waals surface area (Å²) in [6, 6.07) is 11.5. The highest BCUT2D eigenvalue weighted by atomic mass is 79.9. The number of likely N-dealkylation sites (tertiary alicyclic amines) is 1. The Labute approximate surface area is 238 Å². The number of nitrogens with zero attached hydrogens (tertiary/aromatic N) is 3. The molecule has 3 heterocycles. The normalized spacial score (nSPS) is 23.1. The van der Waals surface area contributed by atoms with Crippen LogP contribution in [0, 0.1) is 5.92 Å². The van der Waals surface area contributed by atoms with Crippen molar-refractivity contribution in [3.05, 3.63) is 63.1 Å². The third kappa shape index (κ3) is 5.08. The highest BCUT2D eigenvalue weighted by Crippen LogP contribution is 2.43. The van der Waals surface area contributed by atoms with Crippen LogP contribution in [0.3, 0.4) is 0 Å².